The van der Waals surface area contributed by atoms with Crippen LogP contribution in [-0.4, -0.2) is 31.4 Å². The number of thiophene rings is 1. The van der Waals surface area contributed by atoms with Crippen molar-refractivity contribution in [1.82, 2.24) is 4.31 Å². The average molecular weight is 274 g/mol. The van der Waals surface area contributed by atoms with Gasteiger partial charge in [-0.25, -0.2) is 8.42 Å². The molecule has 2 atom stereocenters. The molecule has 2 heterocycles. The van der Waals surface area contributed by atoms with Gasteiger partial charge in [-0.05, 0) is 38.8 Å². The molecule has 0 aliphatic carbocycles. The lowest BCUT2D eigenvalue weighted by atomic mass is 10.0. The number of sulfonamides is 1. The number of hydrogen-bond donors (Lipinski definition) is 1. The second kappa shape index (κ2) is 4.68. The van der Waals surface area contributed by atoms with Crippen LogP contribution in [0.3, 0.4) is 0 Å². The van der Waals surface area contributed by atoms with Crippen LogP contribution in [0.2, 0.25) is 0 Å². The molecule has 0 radical (unpaired) electrons. The van der Waals surface area contributed by atoms with E-state index in [2.05, 4.69) is 0 Å². The van der Waals surface area contributed by atoms with Gasteiger partial charge < -0.3 is 5.73 Å². The minimum absolute atomic E-state index is 0.00819. The summed E-state index contributed by atoms with van der Waals surface area (Å²) in [6.45, 7) is 4.37. The first-order chi connectivity index (χ1) is 7.91. The molecule has 1 aliphatic rings. The highest BCUT2D eigenvalue weighted by molar-refractivity contribution is 7.91. The summed E-state index contributed by atoms with van der Waals surface area (Å²) in [6.07, 6.45) is 1.48. The normalized spacial score (nSPS) is 27.2. The molecule has 0 aromatic carbocycles. The number of piperidine rings is 1. The summed E-state index contributed by atoms with van der Waals surface area (Å²) < 4.78 is 26.9. The fourth-order valence-corrected chi connectivity index (χ4v) is 5.28. The van der Waals surface area contributed by atoms with E-state index in [1.807, 2.05) is 19.9 Å². The Labute approximate surface area is 106 Å². The zero-order chi connectivity index (χ0) is 12.6. The summed E-state index contributed by atoms with van der Waals surface area (Å²) in [6, 6.07) is 3.65. The van der Waals surface area contributed by atoms with Crippen molar-refractivity contribution in [3.05, 3.63) is 17.0 Å². The Balaban J connectivity index is 2.27. The van der Waals surface area contributed by atoms with E-state index >= 15 is 0 Å². The molecule has 0 bridgehead atoms. The lowest BCUT2D eigenvalue weighted by Crippen LogP contribution is -2.48. The Hall–Kier alpha value is -0.430. The predicted octanol–water partition coefficient (Wildman–Crippen LogP) is 1.56. The zero-order valence-corrected chi connectivity index (χ0v) is 11.7. The van der Waals surface area contributed by atoms with Crippen LogP contribution in [0.1, 0.15) is 24.6 Å². The van der Waals surface area contributed by atoms with Crippen LogP contribution < -0.4 is 5.73 Å². The van der Waals surface area contributed by atoms with Crippen LogP contribution in [0.5, 0.6) is 0 Å². The van der Waals surface area contributed by atoms with Gasteiger partial charge in [0.05, 0.1) is 0 Å². The Kier molecular flexibility index (Phi) is 3.58. The van der Waals surface area contributed by atoms with Crippen molar-refractivity contribution in [2.75, 3.05) is 6.54 Å². The smallest absolute Gasteiger partial charge is 0.252 e. The highest BCUT2D eigenvalue weighted by Crippen LogP contribution is 2.28. The van der Waals surface area contributed by atoms with E-state index in [1.54, 1.807) is 10.4 Å². The molecule has 96 valence electrons. The molecular weight excluding hydrogens is 256 g/mol. The van der Waals surface area contributed by atoms with Crippen LogP contribution in [-0.2, 0) is 10.0 Å². The van der Waals surface area contributed by atoms with Gasteiger partial charge >= 0.3 is 0 Å². The van der Waals surface area contributed by atoms with Crippen molar-refractivity contribution in [2.45, 2.75) is 43.0 Å². The Morgan fingerprint density at radius 1 is 1.47 bits per heavy atom. The number of rotatable bonds is 2. The van der Waals surface area contributed by atoms with E-state index in [1.165, 1.54) is 11.3 Å². The summed E-state index contributed by atoms with van der Waals surface area (Å²) in [5.74, 6) is 0. The van der Waals surface area contributed by atoms with Crippen LogP contribution in [0, 0.1) is 6.92 Å². The van der Waals surface area contributed by atoms with E-state index < -0.39 is 10.0 Å². The van der Waals surface area contributed by atoms with Gasteiger partial charge in [-0.1, -0.05) is 0 Å². The average Bonchev–Trinajstić information content (AvgIpc) is 2.64. The molecule has 2 unspecified atom stereocenters. The third-order valence-electron chi connectivity index (χ3n) is 3.13. The molecule has 4 nitrogen and oxygen atoms in total. The molecule has 1 aromatic heterocycles. The maximum Gasteiger partial charge on any atom is 0.252 e. The summed E-state index contributed by atoms with van der Waals surface area (Å²) in [5.41, 5.74) is 5.85. The molecule has 1 fully saturated rings. The van der Waals surface area contributed by atoms with Crippen molar-refractivity contribution in [3.8, 4) is 0 Å². The van der Waals surface area contributed by atoms with Crippen molar-refractivity contribution < 1.29 is 8.42 Å². The molecule has 0 amide bonds. The number of hydrogen-bond acceptors (Lipinski definition) is 4. The molecule has 1 aliphatic heterocycles. The van der Waals surface area contributed by atoms with Gasteiger partial charge in [-0.2, -0.15) is 4.31 Å². The summed E-state index contributed by atoms with van der Waals surface area (Å²) in [4.78, 5) is 1.02. The molecule has 1 aromatic rings. The quantitative estimate of drug-likeness (QED) is 0.890. The molecular formula is C11H18N2O2S2. The maximum atomic E-state index is 12.4. The maximum absolute atomic E-state index is 12.4. The van der Waals surface area contributed by atoms with Gasteiger partial charge in [0.15, 0.2) is 0 Å². The third-order valence-corrected chi connectivity index (χ3v) is 6.62. The molecule has 6 heteroatoms. The van der Waals surface area contributed by atoms with Crippen molar-refractivity contribution in [3.63, 3.8) is 0 Å². The topological polar surface area (TPSA) is 63.4 Å². The number of nitrogens with zero attached hydrogens (tertiary/aromatic N) is 1. The minimum atomic E-state index is -3.32. The van der Waals surface area contributed by atoms with Crippen LogP contribution in [0.15, 0.2) is 16.3 Å². The molecule has 0 spiro atoms. The van der Waals surface area contributed by atoms with Crippen molar-refractivity contribution in [2.24, 2.45) is 5.73 Å². The van der Waals surface area contributed by atoms with E-state index in [-0.39, 0.29) is 12.1 Å². The van der Waals surface area contributed by atoms with Crippen LogP contribution in [0.4, 0.5) is 0 Å². The third kappa shape index (κ3) is 2.54. The first-order valence-corrected chi connectivity index (χ1v) is 8.01. The SMILES string of the molecule is Cc1ccc(S(=O)(=O)N2CCC(N)CC2C)s1. The van der Waals surface area contributed by atoms with Gasteiger partial charge in [0.25, 0.3) is 10.0 Å². The van der Waals surface area contributed by atoms with Crippen molar-refractivity contribution >= 4 is 21.4 Å². The fourth-order valence-electron chi connectivity index (χ4n) is 2.21. The predicted molar refractivity (Wildman–Crippen MR) is 69.6 cm³/mol. The van der Waals surface area contributed by atoms with Gasteiger partial charge in [0, 0.05) is 23.5 Å². The summed E-state index contributed by atoms with van der Waals surface area (Å²) in [7, 11) is -3.32. The summed E-state index contributed by atoms with van der Waals surface area (Å²) in [5, 5.41) is 0. The largest absolute Gasteiger partial charge is 0.328 e. The Bertz CT molecular complexity index is 495. The second-order valence-electron chi connectivity index (χ2n) is 4.61. The first kappa shape index (κ1) is 13.0. The van der Waals surface area contributed by atoms with Gasteiger partial charge in [-0.15, -0.1) is 11.3 Å². The molecule has 2 rings (SSSR count). The van der Waals surface area contributed by atoms with Gasteiger partial charge in [0.2, 0.25) is 0 Å². The highest BCUT2D eigenvalue weighted by atomic mass is 32.2. The molecule has 0 saturated carbocycles. The summed E-state index contributed by atoms with van der Waals surface area (Å²) >= 11 is 1.33. The number of aryl methyl sites for hydroxylation is 1. The monoisotopic (exact) mass is 274 g/mol. The van der Waals surface area contributed by atoms with E-state index in [0.29, 0.717) is 10.8 Å². The zero-order valence-electron chi connectivity index (χ0n) is 10.1. The Morgan fingerprint density at radius 3 is 2.71 bits per heavy atom. The number of nitrogens with two attached hydrogens (primary N) is 1. The lowest BCUT2D eigenvalue weighted by Gasteiger charge is -2.34. The standard InChI is InChI=1S/C11H18N2O2S2/c1-8-7-10(12)5-6-13(8)17(14,15)11-4-3-9(2)16-11/h3-4,8,10H,5-7,12H2,1-2H3. The van der Waals surface area contributed by atoms with Crippen LogP contribution in [0.25, 0.3) is 0 Å². The van der Waals surface area contributed by atoms with E-state index in [0.717, 1.165) is 17.7 Å². The second-order valence-corrected chi connectivity index (χ2v) is 8.02. The molecule has 1 saturated heterocycles. The first-order valence-electron chi connectivity index (χ1n) is 5.75. The minimum Gasteiger partial charge on any atom is -0.328 e. The Morgan fingerprint density at radius 2 is 2.18 bits per heavy atom. The van der Waals surface area contributed by atoms with E-state index in [4.69, 9.17) is 5.73 Å². The van der Waals surface area contributed by atoms with E-state index in [9.17, 15) is 8.42 Å². The lowest BCUT2D eigenvalue weighted by molar-refractivity contribution is 0.247. The van der Waals surface area contributed by atoms with Gasteiger partial charge in [0.1, 0.15) is 4.21 Å². The van der Waals surface area contributed by atoms with Gasteiger partial charge in [-0.3, -0.25) is 0 Å². The fraction of sp³-hybridized carbons (Fsp3) is 0.636. The molecule has 2 N–H and O–H groups in total. The molecule has 17 heavy (non-hydrogen) atoms. The van der Waals surface area contributed by atoms with Crippen molar-refractivity contribution in [1.29, 1.82) is 0 Å². The highest BCUT2D eigenvalue weighted by Gasteiger charge is 2.34. The van der Waals surface area contributed by atoms with Crippen LogP contribution >= 0.6 is 11.3 Å².